The number of hydrogen-bond donors (Lipinski definition) is 3. The summed E-state index contributed by atoms with van der Waals surface area (Å²) in [6.45, 7) is -0.0472. The summed E-state index contributed by atoms with van der Waals surface area (Å²) in [6.07, 6.45) is 1.45. The lowest BCUT2D eigenvalue weighted by atomic mass is 10.1. The van der Waals surface area contributed by atoms with Crippen molar-refractivity contribution in [1.82, 2.24) is 14.9 Å². The van der Waals surface area contributed by atoms with E-state index in [9.17, 15) is 9.59 Å². The van der Waals surface area contributed by atoms with Gasteiger partial charge in [0.1, 0.15) is 6.54 Å². The van der Waals surface area contributed by atoms with Crippen LogP contribution in [-0.2, 0) is 11.3 Å². The molecule has 0 bridgehead atoms. The van der Waals surface area contributed by atoms with Crippen molar-refractivity contribution in [3.05, 3.63) is 53.4 Å². The molecule has 0 aliphatic carbocycles. The van der Waals surface area contributed by atoms with Crippen LogP contribution in [0.25, 0.3) is 10.8 Å². The lowest BCUT2D eigenvalue weighted by Gasteiger charge is -2.12. The van der Waals surface area contributed by atoms with Crippen molar-refractivity contribution in [2.24, 2.45) is 0 Å². The van der Waals surface area contributed by atoms with Crippen LogP contribution in [0.4, 0.5) is 11.5 Å². The summed E-state index contributed by atoms with van der Waals surface area (Å²) in [7, 11) is 3.19. The summed E-state index contributed by atoms with van der Waals surface area (Å²) < 4.78 is 1.50. The van der Waals surface area contributed by atoms with Gasteiger partial charge in [-0.3, -0.25) is 9.59 Å². The Morgan fingerprint density at radius 1 is 1.12 bits per heavy atom. The normalized spacial score (nSPS) is 10.6. The van der Waals surface area contributed by atoms with E-state index in [4.69, 9.17) is 11.6 Å². The number of aromatic nitrogens is 2. The Balaban J connectivity index is 1.86. The second-order valence-electron chi connectivity index (χ2n) is 5.59. The molecule has 1 heterocycles. The summed E-state index contributed by atoms with van der Waals surface area (Å²) in [5.41, 5.74) is 0.955. The second kappa shape index (κ2) is 7.45. The first-order valence-electron chi connectivity index (χ1n) is 7.97. The number of halogens is 1. The van der Waals surface area contributed by atoms with Gasteiger partial charge in [-0.1, -0.05) is 35.9 Å². The molecule has 26 heavy (non-hydrogen) atoms. The van der Waals surface area contributed by atoms with Gasteiger partial charge in [0.2, 0.25) is 5.91 Å². The number of carbonyl (C=O) groups is 2. The van der Waals surface area contributed by atoms with Gasteiger partial charge in [-0.15, -0.1) is 0 Å². The molecule has 3 rings (SSSR count). The van der Waals surface area contributed by atoms with Gasteiger partial charge in [0, 0.05) is 35.6 Å². The molecular formula is C18H18ClN5O2. The van der Waals surface area contributed by atoms with E-state index < -0.39 is 0 Å². The van der Waals surface area contributed by atoms with Crippen molar-refractivity contribution < 1.29 is 9.59 Å². The van der Waals surface area contributed by atoms with Crippen molar-refractivity contribution in [3.8, 4) is 0 Å². The smallest absolute Gasteiger partial charge is 0.271 e. The first kappa shape index (κ1) is 17.8. The zero-order chi connectivity index (χ0) is 18.7. The number of nitrogens with one attached hydrogen (secondary N) is 3. The average molecular weight is 372 g/mol. The number of hydrogen-bond acceptors (Lipinski definition) is 4. The van der Waals surface area contributed by atoms with Gasteiger partial charge in [0.25, 0.3) is 5.91 Å². The zero-order valence-electron chi connectivity index (χ0n) is 14.3. The molecule has 3 aromatic rings. The number of imidazole rings is 1. The molecular weight excluding hydrogens is 354 g/mol. The predicted molar refractivity (Wildman–Crippen MR) is 103 cm³/mol. The molecule has 134 valence electrons. The third kappa shape index (κ3) is 3.34. The number of amides is 2. The minimum atomic E-state index is -0.323. The highest BCUT2D eigenvalue weighted by Crippen LogP contribution is 2.29. The van der Waals surface area contributed by atoms with E-state index in [-0.39, 0.29) is 18.4 Å². The fraction of sp³-hybridized carbons (Fsp3) is 0.167. The van der Waals surface area contributed by atoms with Gasteiger partial charge >= 0.3 is 0 Å². The minimum Gasteiger partial charge on any atom is -0.371 e. The van der Waals surface area contributed by atoms with E-state index >= 15 is 0 Å². The van der Waals surface area contributed by atoms with Gasteiger partial charge < -0.3 is 20.5 Å². The molecule has 0 atom stereocenters. The Bertz CT molecular complexity index is 983. The molecule has 2 amide bonds. The van der Waals surface area contributed by atoms with Crippen LogP contribution in [0.3, 0.4) is 0 Å². The Labute approximate surface area is 155 Å². The fourth-order valence-corrected chi connectivity index (χ4v) is 2.99. The number of fused-ring (bicyclic) bond motifs is 1. The van der Waals surface area contributed by atoms with E-state index in [1.54, 1.807) is 19.2 Å². The van der Waals surface area contributed by atoms with Crippen LogP contribution in [0.5, 0.6) is 0 Å². The van der Waals surface area contributed by atoms with E-state index in [1.807, 2.05) is 24.3 Å². The van der Waals surface area contributed by atoms with Crippen LogP contribution in [0.2, 0.25) is 5.02 Å². The number of carbonyl (C=O) groups excluding carboxylic acids is 2. The molecule has 2 aromatic carbocycles. The van der Waals surface area contributed by atoms with E-state index in [0.717, 1.165) is 10.8 Å². The number of anilines is 2. The minimum absolute atomic E-state index is 0.0472. The van der Waals surface area contributed by atoms with Crippen molar-refractivity contribution >= 4 is 45.7 Å². The van der Waals surface area contributed by atoms with Crippen LogP contribution < -0.4 is 16.0 Å². The van der Waals surface area contributed by atoms with Gasteiger partial charge in [-0.05, 0) is 12.1 Å². The molecule has 0 unspecified atom stereocenters. The SMILES string of the molecule is CNC(=O)c1c(NC)ncn1CC(=O)Nc1ccc(Cl)c2ccccc12. The molecule has 3 N–H and O–H groups in total. The summed E-state index contributed by atoms with van der Waals surface area (Å²) in [5.74, 6) is -0.187. The summed E-state index contributed by atoms with van der Waals surface area (Å²) >= 11 is 6.21. The van der Waals surface area contributed by atoms with E-state index in [2.05, 4.69) is 20.9 Å². The third-order valence-electron chi connectivity index (χ3n) is 3.98. The van der Waals surface area contributed by atoms with Crippen LogP contribution >= 0.6 is 11.6 Å². The fourth-order valence-electron chi connectivity index (χ4n) is 2.76. The number of benzene rings is 2. The first-order valence-corrected chi connectivity index (χ1v) is 8.35. The number of rotatable bonds is 5. The molecule has 8 heteroatoms. The van der Waals surface area contributed by atoms with Crippen LogP contribution in [0, 0.1) is 0 Å². The molecule has 0 spiro atoms. The largest absolute Gasteiger partial charge is 0.371 e. The van der Waals surface area contributed by atoms with Gasteiger partial charge in [0.05, 0.1) is 6.33 Å². The molecule has 0 aliphatic heterocycles. The Morgan fingerprint density at radius 3 is 2.54 bits per heavy atom. The van der Waals surface area contributed by atoms with Crippen molar-refractivity contribution in [2.75, 3.05) is 24.7 Å². The summed E-state index contributed by atoms with van der Waals surface area (Å²) in [4.78, 5) is 28.7. The van der Waals surface area contributed by atoms with Crippen molar-refractivity contribution in [2.45, 2.75) is 6.54 Å². The summed E-state index contributed by atoms with van der Waals surface area (Å²) in [5, 5.41) is 10.6. The molecule has 0 radical (unpaired) electrons. The molecule has 0 saturated carbocycles. The maximum atomic E-state index is 12.5. The molecule has 0 aliphatic rings. The maximum Gasteiger partial charge on any atom is 0.271 e. The van der Waals surface area contributed by atoms with Crippen LogP contribution in [-0.4, -0.2) is 35.5 Å². The van der Waals surface area contributed by atoms with E-state index in [0.29, 0.717) is 22.2 Å². The number of nitrogens with zero attached hydrogens (tertiary/aromatic N) is 2. The highest BCUT2D eigenvalue weighted by atomic mass is 35.5. The quantitative estimate of drug-likeness (QED) is 0.643. The van der Waals surface area contributed by atoms with E-state index in [1.165, 1.54) is 17.9 Å². The van der Waals surface area contributed by atoms with Crippen LogP contribution in [0.1, 0.15) is 10.5 Å². The standard InChI is InChI=1S/C18H18ClN5O2/c1-20-17-16(18(26)21-2)24(10-22-17)9-15(25)23-14-8-7-13(19)11-5-3-4-6-12(11)14/h3-8,10,20H,9H2,1-2H3,(H,21,26)(H,23,25). The molecule has 7 nitrogen and oxygen atoms in total. The van der Waals surface area contributed by atoms with Gasteiger partial charge in [-0.2, -0.15) is 0 Å². The second-order valence-corrected chi connectivity index (χ2v) is 5.99. The highest BCUT2D eigenvalue weighted by Gasteiger charge is 2.19. The monoisotopic (exact) mass is 371 g/mol. The first-order chi connectivity index (χ1) is 12.5. The topological polar surface area (TPSA) is 88.1 Å². The molecule has 0 fully saturated rings. The van der Waals surface area contributed by atoms with Gasteiger partial charge in [-0.25, -0.2) is 4.98 Å². The molecule has 0 saturated heterocycles. The summed E-state index contributed by atoms with van der Waals surface area (Å²) in [6, 6.07) is 11.1. The highest BCUT2D eigenvalue weighted by molar-refractivity contribution is 6.36. The Kier molecular flexibility index (Phi) is 5.09. The molecule has 1 aromatic heterocycles. The van der Waals surface area contributed by atoms with Gasteiger partial charge in [0.15, 0.2) is 11.5 Å². The zero-order valence-corrected chi connectivity index (χ0v) is 15.1. The average Bonchev–Trinajstić information content (AvgIpc) is 3.06. The van der Waals surface area contributed by atoms with Crippen molar-refractivity contribution in [1.29, 1.82) is 0 Å². The third-order valence-corrected chi connectivity index (χ3v) is 4.31. The Hall–Kier alpha value is -3.06. The Morgan fingerprint density at radius 2 is 1.85 bits per heavy atom. The predicted octanol–water partition coefficient (Wildman–Crippen LogP) is 2.73. The maximum absolute atomic E-state index is 12.5. The lowest BCUT2D eigenvalue weighted by Crippen LogP contribution is -2.26. The van der Waals surface area contributed by atoms with Crippen molar-refractivity contribution in [3.63, 3.8) is 0 Å². The van der Waals surface area contributed by atoms with Crippen LogP contribution in [0.15, 0.2) is 42.7 Å². The lowest BCUT2D eigenvalue weighted by molar-refractivity contribution is -0.116.